The molecule has 0 unspecified atom stereocenters. The molecule has 6 nitrogen and oxygen atoms in total. The zero-order valence-corrected chi connectivity index (χ0v) is 15.7. The van der Waals surface area contributed by atoms with Crippen molar-refractivity contribution in [2.75, 3.05) is 26.2 Å². The maximum Gasteiger partial charge on any atom is 0.243 e. The van der Waals surface area contributed by atoms with Crippen LogP contribution in [0.2, 0.25) is 5.02 Å². The molecule has 0 spiro atoms. The van der Waals surface area contributed by atoms with Crippen molar-refractivity contribution in [1.29, 1.82) is 0 Å². The molecule has 2 fully saturated rings. The molecule has 1 saturated heterocycles. The fourth-order valence-corrected chi connectivity index (χ4v) is 3.56. The number of rotatable bonds is 5. The molecule has 1 aromatic heterocycles. The fraction of sp³-hybridized carbons (Fsp3) is 0.526. The van der Waals surface area contributed by atoms with E-state index in [1.165, 1.54) is 12.8 Å². The van der Waals surface area contributed by atoms with Gasteiger partial charge in [-0.15, -0.1) is 0 Å². The topological polar surface area (TPSA) is 62.5 Å². The van der Waals surface area contributed by atoms with Gasteiger partial charge in [-0.3, -0.25) is 9.69 Å². The van der Waals surface area contributed by atoms with Crippen LogP contribution in [-0.4, -0.2) is 52.0 Å². The lowest BCUT2D eigenvalue weighted by molar-refractivity contribution is -0.132. The first-order valence-corrected chi connectivity index (χ1v) is 9.58. The summed E-state index contributed by atoms with van der Waals surface area (Å²) >= 11 is 6.17. The Morgan fingerprint density at radius 1 is 1.27 bits per heavy atom. The molecule has 138 valence electrons. The van der Waals surface area contributed by atoms with Crippen LogP contribution in [0.3, 0.4) is 0 Å². The van der Waals surface area contributed by atoms with E-state index in [1.54, 1.807) is 0 Å². The van der Waals surface area contributed by atoms with Gasteiger partial charge in [-0.1, -0.05) is 35.0 Å². The van der Waals surface area contributed by atoms with E-state index in [4.69, 9.17) is 16.1 Å². The summed E-state index contributed by atoms with van der Waals surface area (Å²) in [5.41, 5.74) is 0.883. The number of hydrogen-bond acceptors (Lipinski definition) is 5. The third kappa shape index (κ3) is 3.76. The molecule has 2 heterocycles. The number of carbonyl (C=O) groups is 1. The Bertz CT molecular complexity index is 781. The van der Waals surface area contributed by atoms with Crippen molar-refractivity contribution in [3.8, 4) is 0 Å². The highest BCUT2D eigenvalue weighted by molar-refractivity contribution is 6.31. The minimum absolute atomic E-state index is 0.0795. The predicted molar refractivity (Wildman–Crippen MR) is 98.0 cm³/mol. The van der Waals surface area contributed by atoms with Gasteiger partial charge in [0.05, 0.1) is 12.5 Å². The van der Waals surface area contributed by atoms with Gasteiger partial charge in [0.2, 0.25) is 11.8 Å². The standard InChI is InChI=1S/C19H23ClN4O2/c1-13(19-21-18(22-26-19)14-6-7-14)23-8-10-24(11-9-23)17(25)12-15-4-2-3-5-16(15)20/h2-5,13-14H,6-12H2,1H3/t13-/m0/s1. The Morgan fingerprint density at radius 2 is 2.00 bits per heavy atom. The molecule has 1 amide bonds. The van der Waals surface area contributed by atoms with E-state index in [2.05, 4.69) is 22.0 Å². The maximum absolute atomic E-state index is 12.6. The monoisotopic (exact) mass is 374 g/mol. The van der Waals surface area contributed by atoms with Crippen molar-refractivity contribution in [1.82, 2.24) is 19.9 Å². The Balaban J connectivity index is 1.31. The number of halogens is 1. The van der Waals surface area contributed by atoms with Crippen LogP contribution >= 0.6 is 11.6 Å². The molecule has 26 heavy (non-hydrogen) atoms. The van der Waals surface area contributed by atoms with Crippen molar-refractivity contribution in [3.05, 3.63) is 46.6 Å². The lowest BCUT2D eigenvalue weighted by Gasteiger charge is -2.36. The van der Waals surface area contributed by atoms with Crippen LogP contribution < -0.4 is 0 Å². The van der Waals surface area contributed by atoms with Gasteiger partial charge in [0.1, 0.15) is 0 Å². The summed E-state index contributed by atoms with van der Waals surface area (Å²) in [5, 5.41) is 4.75. The predicted octanol–water partition coefficient (Wildman–Crippen LogP) is 3.05. The smallest absolute Gasteiger partial charge is 0.243 e. The zero-order valence-electron chi connectivity index (χ0n) is 14.9. The first-order valence-electron chi connectivity index (χ1n) is 9.20. The van der Waals surface area contributed by atoms with Gasteiger partial charge in [-0.25, -0.2) is 0 Å². The third-order valence-corrected chi connectivity index (χ3v) is 5.64. The van der Waals surface area contributed by atoms with E-state index in [0.717, 1.165) is 24.5 Å². The minimum atomic E-state index is 0.0795. The van der Waals surface area contributed by atoms with Crippen LogP contribution in [0.5, 0.6) is 0 Å². The molecule has 1 aromatic carbocycles. The summed E-state index contributed by atoms with van der Waals surface area (Å²) in [5.74, 6) is 2.15. The van der Waals surface area contributed by atoms with Crippen molar-refractivity contribution < 1.29 is 9.32 Å². The first-order chi connectivity index (χ1) is 12.6. The number of benzene rings is 1. The molecule has 7 heteroatoms. The molecule has 0 bridgehead atoms. The number of amides is 1. The van der Waals surface area contributed by atoms with Crippen LogP contribution in [0, 0.1) is 0 Å². The SMILES string of the molecule is C[C@@H](c1nc(C2CC2)no1)N1CCN(C(=O)Cc2ccccc2Cl)CC1. The fourth-order valence-electron chi connectivity index (χ4n) is 3.36. The second kappa shape index (κ2) is 7.37. The highest BCUT2D eigenvalue weighted by Gasteiger charge is 2.32. The molecule has 1 saturated carbocycles. The van der Waals surface area contributed by atoms with E-state index in [1.807, 2.05) is 29.2 Å². The average Bonchev–Trinajstić information content (AvgIpc) is 3.40. The Hall–Kier alpha value is -1.92. The number of aromatic nitrogens is 2. The van der Waals surface area contributed by atoms with Gasteiger partial charge in [0.15, 0.2) is 5.82 Å². The van der Waals surface area contributed by atoms with Crippen LogP contribution in [0.4, 0.5) is 0 Å². The van der Waals surface area contributed by atoms with E-state index >= 15 is 0 Å². The molecular formula is C19H23ClN4O2. The van der Waals surface area contributed by atoms with Crippen LogP contribution in [-0.2, 0) is 11.2 Å². The van der Waals surface area contributed by atoms with Crippen molar-refractivity contribution in [2.24, 2.45) is 0 Å². The normalized spacial score (nSPS) is 19.5. The van der Waals surface area contributed by atoms with Crippen LogP contribution in [0.15, 0.2) is 28.8 Å². The molecule has 0 N–H and O–H groups in total. The summed E-state index contributed by atoms with van der Waals surface area (Å²) in [6.07, 6.45) is 2.68. The number of piperazine rings is 1. The summed E-state index contributed by atoms with van der Waals surface area (Å²) in [4.78, 5) is 21.3. The zero-order chi connectivity index (χ0) is 18.1. The maximum atomic E-state index is 12.6. The average molecular weight is 375 g/mol. The van der Waals surface area contributed by atoms with Crippen LogP contribution in [0.25, 0.3) is 0 Å². The van der Waals surface area contributed by atoms with Crippen LogP contribution in [0.1, 0.15) is 49.0 Å². The summed E-state index contributed by atoms with van der Waals surface area (Å²) in [6, 6.07) is 7.60. The summed E-state index contributed by atoms with van der Waals surface area (Å²) < 4.78 is 5.45. The van der Waals surface area contributed by atoms with Gasteiger partial charge in [-0.2, -0.15) is 4.98 Å². The number of carbonyl (C=O) groups excluding carboxylic acids is 1. The van der Waals surface area contributed by atoms with Crippen molar-refractivity contribution in [3.63, 3.8) is 0 Å². The third-order valence-electron chi connectivity index (χ3n) is 5.27. The lowest BCUT2D eigenvalue weighted by atomic mass is 10.1. The highest BCUT2D eigenvalue weighted by atomic mass is 35.5. The Morgan fingerprint density at radius 3 is 2.69 bits per heavy atom. The Labute approximate surface area is 158 Å². The number of nitrogens with zero attached hydrogens (tertiary/aromatic N) is 4. The highest BCUT2D eigenvalue weighted by Crippen LogP contribution is 2.38. The van der Waals surface area contributed by atoms with E-state index in [0.29, 0.717) is 36.3 Å². The van der Waals surface area contributed by atoms with E-state index in [-0.39, 0.29) is 11.9 Å². The number of hydrogen-bond donors (Lipinski definition) is 0. The van der Waals surface area contributed by atoms with Gasteiger partial charge >= 0.3 is 0 Å². The molecule has 2 aromatic rings. The molecule has 1 aliphatic carbocycles. The van der Waals surface area contributed by atoms with Gasteiger partial charge < -0.3 is 9.42 Å². The second-order valence-electron chi connectivity index (χ2n) is 7.13. The lowest BCUT2D eigenvalue weighted by Crippen LogP contribution is -2.49. The summed E-state index contributed by atoms with van der Waals surface area (Å²) in [7, 11) is 0. The first kappa shape index (κ1) is 17.5. The van der Waals surface area contributed by atoms with E-state index in [9.17, 15) is 4.79 Å². The second-order valence-corrected chi connectivity index (χ2v) is 7.53. The quantitative estimate of drug-likeness (QED) is 0.804. The van der Waals surface area contributed by atoms with Gasteiger partial charge in [-0.05, 0) is 31.4 Å². The molecule has 1 aliphatic heterocycles. The molecule has 2 aliphatic rings. The molecular weight excluding hydrogens is 352 g/mol. The van der Waals surface area contributed by atoms with Crippen molar-refractivity contribution >= 4 is 17.5 Å². The van der Waals surface area contributed by atoms with Crippen molar-refractivity contribution in [2.45, 2.75) is 38.1 Å². The van der Waals surface area contributed by atoms with E-state index < -0.39 is 0 Å². The Kier molecular flexibility index (Phi) is 4.96. The largest absolute Gasteiger partial charge is 0.340 e. The molecule has 0 radical (unpaired) electrons. The molecule has 4 rings (SSSR count). The summed E-state index contributed by atoms with van der Waals surface area (Å²) in [6.45, 7) is 5.10. The minimum Gasteiger partial charge on any atom is -0.340 e. The van der Waals surface area contributed by atoms with Gasteiger partial charge in [0.25, 0.3) is 0 Å². The molecule has 1 atom stereocenters. The van der Waals surface area contributed by atoms with Gasteiger partial charge in [0, 0.05) is 37.1 Å².